The molecule has 0 saturated carbocycles. The van der Waals surface area contributed by atoms with Crippen LogP contribution in [-0.4, -0.2) is 69.9 Å². The number of nitrogens with zero attached hydrogens (tertiary/aromatic N) is 1. The first-order valence-corrected chi connectivity index (χ1v) is 9.78. The Bertz CT molecular complexity index is 637. The quantitative estimate of drug-likeness (QED) is 0.335. The van der Waals surface area contributed by atoms with Gasteiger partial charge in [-0.25, -0.2) is 0 Å². The van der Waals surface area contributed by atoms with Crippen LogP contribution in [0.5, 0.6) is 0 Å². The minimum atomic E-state index is -0.718. The summed E-state index contributed by atoms with van der Waals surface area (Å²) in [5.41, 5.74) is 6.52. The number of hydrogen-bond acceptors (Lipinski definition) is 7. The molecular weight excluding hydrogens is 372 g/mol. The van der Waals surface area contributed by atoms with Gasteiger partial charge in [0.25, 0.3) is 5.91 Å². The van der Waals surface area contributed by atoms with E-state index in [9.17, 15) is 19.2 Å². The summed E-state index contributed by atoms with van der Waals surface area (Å²) in [6.45, 7) is 1.29. The van der Waals surface area contributed by atoms with Crippen molar-refractivity contribution in [3.05, 3.63) is 29.3 Å². The fraction of sp³-hybridized carbons (Fsp3) is 0.524. The van der Waals surface area contributed by atoms with Crippen LogP contribution in [0, 0.1) is 0 Å². The molecule has 0 aliphatic carbocycles. The highest BCUT2D eigenvalue weighted by Crippen LogP contribution is 2.22. The molecular formula is C21H34N4O4. The summed E-state index contributed by atoms with van der Waals surface area (Å²) in [5, 5.41) is 5.94. The van der Waals surface area contributed by atoms with Crippen LogP contribution < -0.4 is 16.4 Å². The monoisotopic (exact) mass is 406 g/mol. The van der Waals surface area contributed by atoms with Crippen molar-refractivity contribution in [1.82, 2.24) is 10.2 Å². The molecule has 29 heavy (non-hydrogen) atoms. The van der Waals surface area contributed by atoms with Crippen LogP contribution in [0.2, 0.25) is 0 Å². The molecule has 4 N–H and O–H groups in total. The molecule has 8 nitrogen and oxygen atoms in total. The normalized spacial score (nSPS) is 10.9. The highest BCUT2D eigenvalue weighted by molar-refractivity contribution is 6.06. The van der Waals surface area contributed by atoms with Gasteiger partial charge in [0.1, 0.15) is 12.6 Å². The summed E-state index contributed by atoms with van der Waals surface area (Å²) in [7, 11) is 5.25. The number of anilines is 1. The van der Waals surface area contributed by atoms with Gasteiger partial charge < -0.3 is 30.9 Å². The summed E-state index contributed by atoms with van der Waals surface area (Å²) < 4.78 is 0. The number of rotatable bonds is 13. The Hall–Kier alpha value is -2.58. The lowest BCUT2D eigenvalue weighted by Crippen LogP contribution is -2.39. The first kappa shape index (κ1) is 26.4. The summed E-state index contributed by atoms with van der Waals surface area (Å²) in [6.07, 6.45) is 5.21. The molecule has 162 valence electrons. The van der Waals surface area contributed by atoms with E-state index < -0.39 is 11.9 Å². The molecule has 1 aromatic rings. The van der Waals surface area contributed by atoms with Crippen molar-refractivity contribution in [2.75, 3.05) is 39.5 Å². The third-order valence-electron chi connectivity index (χ3n) is 4.19. The van der Waals surface area contributed by atoms with Crippen molar-refractivity contribution in [3.63, 3.8) is 0 Å². The molecule has 0 aromatic heterocycles. The molecule has 0 spiro atoms. The van der Waals surface area contributed by atoms with Gasteiger partial charge >= 0.3 is 0 Å². The lowest BCUT2D eigenvalue weighted by Gasteiger charge is -2.25. The minimum absolute atomic E-state index is 0.183. The van der Waals surface area contributed by atoms with Crippen LogP contribution in [-0.2, 0) is 9.59 Å². The Morgan fingerprint density at radius 3 is 2.41 bits per heavy atom. The molecule has 1 unspecified atom stereocenters. The summed E-state index contributed by atoms with van der Waals surface area (Å²) in [6, 6.07) is 4.28. The number of aldehydes is 3. The maximum Gasteiger partial charge on any atom is 0.257 e. The Balaban J connectivity index is 0.00000245. The zero-order chi connectivity index (χ0) is 22.1. The SMILES string of the molecule is CN(C(=O)c1c(C=O)cccc1NCCCCCN)C(C=O)CCC=O.CNC. The van der Waals surface area contributed by atoms with Gasteiger partial charge in [-0.1, -0.05) is 18.6 Å². The number of carbonyl (C=O) groups is 4. The largest absolute Gasteiger partial charge is 0.384 e. The van der Waals surface area contributed by atoms with Crippen molar-refractivity contribution in [2.24, 2.45) is 5.73 Å². The fourth-order valence-electron chi connectivity index (χ4n) is 2.64. The van der Waals surface area contributed by atoms with Gasteiger partial charge in [-0.05, 0) is 46.0 Å². The highest BCUT2D eigenvalue weighted by atomic mass is 16.2. The molecule has 1 atom stereocenters. The van der Waals surface area contributed by atoms with Crippen molar-refractivity contribution >= 4 is 30.5 Å². The van der Waals surface area contributed by atoms with Gasteiger partial charge in [-0.15, -0.1) is 0 Å². The second-order valence-electron chi connectivity index (χ2n) is 6.53. The topological polar surface area (TPSA) is 122 Å². The van der Waals surface area contributed by atoms with E-state index in [0.717, 1.165) is 19.3 Å². The Kier molecular flexibility index (Phi) is 14.9. The average molecular weight is 407 g/mol. The van der Waals surface area contributed by atoms with E-state index in [4.69, 9.17) is 5.73 Å². The van der Waals surface area contributed by atoms with Crippen LogP contribution in [0.15, 0.2) is 18.2 Å². The Morgan fingerprint density at radius 1 is 1.17 bits per heavy atom. The van der Waals surface area contributed by atoms with E-state index in [0.29, 0.717) is 37.6 Å². The van der Waals surface area contributed by atoms with Crippen LogP contribution in [0.4, 0.5) is 5.69 Å². The average Bonchev–Trinajstić information content (AvgIpc) is 2.73. The first-order valence-electron chi connectivity index (χ1n) is 9.78. The number of nitrogens with one attached hydrogen (secondary N) is 2. The first-order chi connectivity index (χ1) is 14.0. The number of benzene rings is 1. The number of unbranched alkanes of at least 4 members (excludes halogenated alkanes) is 2. The third-order valence-corrected chi connectivity index (χ3v) is 4.19. The number of nitrogens with two attached hydrogens (primary N) is 1. The fourth-order valence-corrected chi connectivity index (χ4v) is 2.64. The second-order valence-corrected chi connectivity index (χ2v) is 6.53. The van der Waals surface area contributed by atoms with E-state index in [1.165, 1.54) is 11.9 Å². The Morgan fingerprint density at radius 2 is 1.86 bits per heavy atom. The van der Waals surface area contributed by atoms with Crippen LogP contribution in [0.25, 0.3) is 0 Å². The highest BCUT2D eigenvalue weighted by Gasteiger charge is 2.24. The van der Waals surface area contributed by atoms with Crippen molar-refractivity contribution < 1.29 is 19.2 Å². The molecule has 0 fully saturated rings. The number of hydrogen-bond donors (Lipinski definition) is 3. The van der Waals surface area contributed by atoms with E-state index in [2.05, 4.69) is 10.6 Å². The number of carbonyl (C=O) groups excluding carboxylic acids is 4. The van der Waals surface area contributed by atoms with Gasteiger partial charge in [0.15, 0.2) is 6.29 Å². The molecule has 1 aromatic carbocycles. The summed E-state index contributed by atoms with van der Waals surface area (Å²) in [4.78, 5) is 47.4. The Labute approximate surface area is 173 Å². The van der Waals surface area contributed by atoms with E-state index in [-0.39, 0.29) is 24.0 Å². The lowest BCUT2D eigenvalue weighted by atomic mass is 10.0. The zero-order valence-electron chi connectivity index (χ0n) is 17.6. The maximum atomic E-state index is 12.9. The summed E-state index contributed by atoms with van der Waals surface area (Å²) >= 11 is 0. The molecule has 8 heteroatoms. The predicted octanol–water partition coefficient (Wildman–Crippen LogP) is 1.49. The van der Waals surface area contributed by atoms with Crippen LogP contribution in [0.1, 0.15) is 52.8 Å². The van der Waals surface area contributed by atoms with E-state index in [1.54, 1.807) is 18.2 Å². The van der Waals surface area contributed by atoms with Crippen molar-refractivity contribution in [1.29, 1.82) is 0 Å². The molecule has 1 amide bonds. The minimum Gasteiger partial charge on any atom is -0.384 e. The lowest BCUT2D eigenvalue weighted by molar-refractivity contribution is -0.112. The van der Waals surface area contributed by atoms with Crippen molar-refractivity contribution in [3.8, 4) is 0 Å². The molecule has 0 aliphatic heterocycles. The summed E-state index contributed by atoms with van der Waals surface area (Å²) in [5.74, 6) is -0.430. The van der Waals surface area contributed by atoms with Gasteiger partial charge in [-0.2, -0.15) is 0 Å². The van der Waals surface area contributed by atoms with Gasteiger partial charge in [0, 0.05) is 31.3 Å². The molecule has 0 radical (unpaired) electrons. The van der Waals surface area contributed by atoms with Crippen LogP contribution in [0.3, 0.4) is 0 Å². The van der Waals surface area contributed by atoms with Gasteiger partial charge in [0.2, 0.25) is 0 Å². The van der Waals surface area contributed by atoms with Gasteiger partial charge in [0.05, 0.1) is 11.6 Å². The molecule has 0 heterocycles. The predicted molar refractivity (Wildman–Crippen MR) is 115 cm³/mol. The molecule has 1 rings (SSSR count). The molecule has 0 aliphatic rings. The number of likely N-dealkylation sites (N-methyl/N-ethyl adjacent to an activating group) is 1. The zero-order valence-corrected chi connectivity index (χ0v) is 17.6. The van der Waals surface area contributed by atoms with E-state index >= 15 is 0 Å². The van der Waals surface area contributed by atoms with E-state index in [1.807, 2.05) is 14.1 Å². The molecule has 0 bridgehead atoms. The van der Waals surface area contributed by atoms with Crippen molar-refractivity contribution in [2.45, 2.75) is 38.1 Å². The standard InChI is InChI=1S/C19H27N3O4.C2H7N/c1-22(16(14-25)8-6-12-23)19(26)18-15(13-24)7-5-9-17(18)21-11-4-2-3-10-20;1-3-2/h5,7,9,12-14,16,21H,2-4,6,8,10-11,20H2,1H3;3H,1-2H3. The second kappa shape index (κ2) is 16.4. The maximum absolute atomic E-state index is 12.9. The van der Waals surface area contributed by atoms with Crippen LogP contribution >= 0.6 is 0 Å². The van der Waals surface area contributed by atoms with Gasteiger partial charge in [-0.3, -0.25) is 9.59 Å². The third kappa shape index (κ3) is 9.45. The number of amides is 1. The molecule has 0 saturated heterocycles. The smallest absolute Gasteiger partial charge is 0.257 e.